The lowest BCUT2D eigenvalue weighted by Crippen LogP contribution is -2.46. The molecule has 9 heteroatoms. The molecule has 2 aliphatic rings. The molecule has 43 heavy (non-hydrogen) atoms. The molecular formula is C34H28N6O3. The molecule has 1 unspecified atom stereocenters. The summed E-state index contributed by atoms with van der Waals surface area (Å²) >= 11 is 0. The van der Waals surface area contributed by atoms with Gasteiger partial charge in [-0.25, -0.2) is 19.5 Å². The number of aryl methyl sites for hydroxylation is 1. The minimum absolute atomic E-state index is 0.322. The number of anilines is 2. The monoisotopic (exact) mass is 568 g/mol. The maximum Gasteiger partial charge on any atom is 0.337 e. The van der Waals surface area contributed by atoms with Gasteiger partial charge in [-0.1, -0.05) is 54.6 Å². The number of carbonyl (C=O) groups is 1. The lowest BCUT2D eigenvalue weighted by Gasteiger charge is -2.40. The van der Waals surface area contributed by atoms with Crippen molar-refractivity contribution in [2.24, 2.45) is 9.98 Å². The van der Waals surface area contributed by atoms with Crippen LogP contribution in [0.25, 0.3) is 5.69 Å². The molecule has 0 radical (unpaired) electrons. The average Bonchev–Trinajstić information content (AvgIpc) is 3.40. The van der Waals surface area contributed by atoms with Gasteiger partial charge < -0.3 is 19.7 Å². The van der Waals surface area contributed by atoms with Gasteiger partial charge in [-0.2, -0.15) is 5.10 Å². The van der Waals surface area contributed by atoms with Crippen molar-refractivity contribution < 1.29 is 14.3 Å². The Labute approximate surface area is 248 Å². The number of hydrogen-bond acceptors (Lipinski definition) is 8. The number of rotatable bonds is 5. The predicted molar refractivity (Wildman–Crippen MR) is 168 cm³/mol. The number of hydrogen-bond donors (Lipinski definition) is 1. The van der Waals surface area contributed by atoms with E-state index in [0.717, 1.165) is 39.6 Å². The molecule has 0 spiro atoms. The molecule has 3 heterocycles. The maximum absolute atomic E-state index is 12.3. The second kappa shape index (κ2) is 10.6. The number of fused-ring (bicyclic) bond motifs is 4. The van der Waals surface area contributed by atoms with E-state index in [4.69, 9.17) is 24.6 Å². The van der Waals surface area contributed by atoms with Crippen molar-refractivity contribution >= 4 is 40.5 Å². The van der Waals surface area contributed by atoms with Crippen LogP contribution in [0.2, 0.25) is 0 Å². The Morgan fingerprint density at radius 3 is 2.33 bits per heavy atom. The molecule has 0 fully saturated rings. The van der Waals surface area contributed by atoms with Crippen LogP contribution in [-0.4, -0.2) is 41.6 Å². The van der Waals surface area contributed by atoms with Crippen LogP contribution >= 0.6 is 0 Å². The first-order chi connectivity index (χ1) is 21.1. The molecule has 9 nitrogen and oxygen atoms in total. The Morgan fingerprint density at radius 2 is 1.56 bits per heavy atom. The van der Waals surface area contributed by atoms with Crippen LogP contribution in [-0.2, 0) is 4.74 Å². The summed E-state index contributed by atoms with van der Waals surface area (Å²) in [4.78, 5) is 24.8. The molecule has 4 aromatic carbocycles. The maximum atomic E-state index is 12.3. The number of methoxy groups -OCH3 is 2. The topological polar surface area (TPSA) is 93.3 Å². The molecule has 5 aromatic rings. The molecule has 7 rings (SSSR count). The SMILES string of the molecule is COC(=O)c1ccc(C2c3c(C)nn(-c4ccccc4)c3N=C3C(Nc4ccccc4OC)=Nc4ccccc4N32)cc1. The molecule has 212 valence electrons. The number of ether oxygens (including phenoxy) is 2. The highest BCUT2D eigenvalue weighted by Crippen LogP contribution is 2.48. The van der Waals surface area contributed by atoms with E-state index in [1.807, 2.05) is 103 Å². The third kappa shape index (κ3) is 4.42. The highest BCUT2D eigenvalue weighted by Gasteiger charge is 2.41. The predicted octanol–water partition coefficient (Wildman–Crippen LogP) is 6.77. The molecule has 0 amide bonds. The van der Waals surface area contributed by atoms with Crippen molar-refractivity contribution in [1.82, 2.24) is 9.78 Å². The van der Waals surface area contributed by atoms with E-state index in [0.29, 0.717) is 28.8 Å². The first-order valence-corrected chi connectivity index (χ1v) is 13.9. The summed E-state index contributed by atoms with van der Waals surface area (Å²) in [5.41, 5.74) is 6.63. The summed E-state index contributed by atoms with van der Waals surface area (Å²) < 4.78 is 12.5. The average molecular weight is 569 g/mol. The van der Waals surface area contributed by atoms with Gasteiger partial charge in [-0.05, 0) is 61.0 Å². The van der Waals surface area contributed by atoms with E-state index in [1.54, 1.807) is 19.2 Å². The zero-order chi connectivity index (χ0) is 29.5. The summed E-state index contributed by atoms with van der Waals surface area (Å²) in [5, 5.41) is 8.48. The molecule has 0 bridgehead atoms. The number of benzene rings is 4. The number of nitrogens with zero attached hydrogens (tertiary/aromatic N) is 5. The molecule has 0 saturated heterocycles. The van der Waals surface area contributed by atoms with Gasteiger partial charge in [0.1, 0.15) is 5.75 Å². The van der Waals surface area contributed by atoms with Gasteiger partial charge in [0, 0.05) is 5.56 Å². The molecule has 1 atom stereocenters. The zero-order valence-corrected chi connectivity index (χ0v) is 23.9. The van der Waals surface area contributed by atoms with Crippen LogP contribution in [0, 0.1) is 6.92 Å². The van der Waals surface area contributed by atoms with Crippen molar-refractivity contribution in [3.63, 3.8) is 0 Å². The van der Waals surface area contributed by atoms with Gasteiger partial charge in [0.2, 0.25) is 0 Å². The lowest BCUT2D eigenvalue weighted by molar-refractivity contribution is 0.0600. The van der Waals surface area contributed by atoms with Gasteiger partial charge >= 0.3 is 5.97 Å². The van der Waals surface area contributed by atoms with Crippen molar-refractivity contribution in [1.29, 1.82) is 0 Å². The quantitative estimate of drug-likeness (QED) is 0.235. The van der Waals surface area contributed by atoms with Crippen LogP contribution < -0.4 is 15.0 Å². The summed E-state index contributed by atoms with van der Waals surface area (Å²) in [7, 11) is 3.03. The summed E-state index contributed by atoms with van der Waals surface area (Å²) in [6, 6.07) is 32.9. The van der Waals surface area contributed by atoms with Gasteiger partial charge in [0.15, 0.2) is 17.5 Å². The van der Waals surface area contributed by atoms with Crippen LogP contribution in [0.1, 0.15) is 33.2 Å². The minimum Gasteiger partial charge on any atom is -0.495 e. The van der Waals surface area contributed by atoms with Crippen molar-refractivity contribution in [2.75, 3.05) is 24.4 Å². The van der Waals surface area contributed by atoms with Gasteiger partial charge in [0.25, 0.3) is 0 Å². The Balaban J connectivity index is 1.48. The number of aromatic nitrogens is 2. The van der Waals surface area contributed by atoms with Crippen molar-refractivity contribution in [3.05, 3.63) is 126 Å². The molecule has 2 aliphatic heterocycles. The Morgan fingerprint density at radius 1 is 0.837 bits per heavy atom. The van der Waals surface area contributed by atoms with E-state index in [9.17, 15) is 4.79 Å². The molecule has 1 N–H and O–H groups in total. The van der Waals surface area contributed by atoms with E-state index in [2.05, 4.69) is 10.2 Å². The smallest absolute Gasteiger partial charge is 0.337 e. The number of aliphatic imine (C=N–C) groups is 2. The highest BCUT2D eigenvalue weighted by molar-refractivity contribution is 6.51. The van der Waals surface area contributed by atoms with Crippen molar-refractivity contribution in [3.8, 4) is 11.4 Å². The second-order valence-electron chi connectivity index (χ2n) is 10.2. The Hall–Kier alpha value is -5.70. The largest absolute Gasteiger partial charge is 0.495 e. The fraction of sp³-hybridized carbons (Fsp3) is 0.118. The number of amidine groups is 2. The van der Waals surface area contributed by atoms with Crippen LogP contribution in [0.3, 0.4) is 0 Å². The van der Waals surface area contributed by atoms with Crippen molar-refractivity contribution in [2.45, 2.75) is 13.0 Å². The van der Waals surface area contributed by atoms with E-state index in [1.165, 1.54) is 7.11 Å². The standard InChI is InChI=1S/C34H28N6O3/c1-21-29-30(22-17-19-23(20-18-22)34(41)43-3)39-27-15-9-7-13-25(27)35-31(36-26-14-8-10-16-28(26)42-2)33(39)37-32(29)40(38-21)24-11-5-4-6-12-24/h4-20,30H,1-3H3,(H,35,36). The van der Waals surface area contributed by atoms with Crippen LogP contribution in [0.15, 0.2) is 113 Å². The van der Waals surface area contributed by atoms with Gasteiger partial charge in [-0.3, -0.25) is 0 Å². The molecule has 0 aliphatic carbocycles. The Kier molecular flexibility index (Phi) is 6.47. The summed E-state index contributed by atoms with van der Waals surface area (Å²) in [6.45, 7) is 2.01. The van der Waals surface area contributed by atoms with E-state index < -0.39 is 0 Å². The first-order valence-electron chi connectivity index (χ1n) is 13.9. The third-order valence-electron chi connectivity index (χ3n) is 7.65. The number of esters is 1. The fourth-order valence-corrected chi connectivity index (χ4v) is 5.66. The summed E-state index contributed by atoms with van der Waals surface area (Å²) in [5.74, 6) is 2.23. The first kappa shape index (κ1) is 26.2. The lowest BCUT2D eigenvalue weighted by atomic mass is 9.92. The summed E-state index contributed by atoms with van der Waals surface area (Å²) in [6.07, 6.45) is 0. The third-order valence-corrected chi connectivity index (χ3v) is 7.65. The van der Waals surface area contributed by atoms with E-state index >= 15 is 0 Å². The van der Waals surface area contributed by atoms with E-state index in [-0.39, 0.29) is 12.0 Å². The molecule has 0 saturated carbocycles. The van der Waals surface area contributed by atoms with Crippen LogP contribution in [0.4, 0.5) is 22.9 Å². The number of carbonyl (C=O) groups excluding carboxylic acids is 1. The Bertz CT molecular complexity index is 1910. The number of nitrogens with one attached hydrogen (secondary N) is 1. The molecule has 1 aromatic heterocycles. The normalized spacial score (nSPS) is 15.0. The fourth-order valence-electron chi connectivity index (χ4n) is 5.66. The van der Waals surface area contributed by atoms with Gasteiger partial charge in [0.05, 0.1) is 54.3 Å². The highest BCUT2D eigenvalue weighted by atomic mass is 16.5. The van der Waals surface area contributed by atoms with Gasteiger partial charge in [-0.15, -0.1) is 0 Å². The van der Waals surface area contributed by atoms with Crippen LogP contribution in [0.5, 0.6) is 5.75 Å². The minimum atomic E-state index is -0.384. The molecular weight excluding hydrogens is 540 g/mol. The number of para-hydroxylation sites is 5. The zero-order valence-electron chi connectivity index (χ0n) is 23.9. The second-order valence-corrected chi connectivity index (χ2v) is 10.2.